The fourth-order valence-electron chi connectivity index (χ4n) is 4.09. The summed E-state index contributed by atoms with van der Waals surface area (Å²) in [5, 5.41) is 13.7. The minimum absolute atomic E-state index is 0.171. The molecule has 1 amide bonds. The number of carbonyl (C=O) groups excluding carboxylic acids is 1. The summed E-state index contributed by atoms with van der Waals surface area (Å²) >= 11 is 0. The summed E-state index contributed by atoms with van der Waals surface area (Å²) in [5.41, 5.74) is 0.681. The van der Waals surface area contributed by atoms with Crippen LogP contribution in [0, 0.1) is 5.41 Å². The third-order valence-corrected chi connectivity index (χ3v) is 6.13. The molecule has 162 valence electrons. The van der Waals surface area contributed by atoms with Crippen molar-refractivity contribution in [3.05, 3.63) is 59.9 Å². The summed E-state index contributed by atoms with van der Waals surface area (Å²) in [4.78, 5) is 17.1. The van der Waals surface area contributed by atoms with Crippen molar-refractivity contribution in [2.45, 2.75) is 70.9 Å². The van der Waals surface area contributed by atoms with Gasteiger partial charge in [-0.2, -0.15) is 0 Å². The Morgan fingerprint density at radius 3 is 2.43 bits per heavy atom. The summed E-state index contributed by atoms with van der Waals surface area (Å²) in [5.74, 6) is 0.232. The number of aromatic nitrogens is 1. The van der Waals surface area contributed by atoms with Crippen LogP contribution in [-0.4, -0.2) is 28.2 Å². The Morgan fingerprint density at radius 2 is 1.87 bits per heavy atom. The van der Waals surface area contributed by atoms with Gasteiger partial charge in [0.1, 0.15) is 5.75 Å². The number of pyridine rings is 1. The summed E-state index contributed by atoms with van der Waals surface area (Å²) in [7, 11) is 0. The van der Waals surface area contributed by atoms with Crippen LogP contribution in [-0.2, 0) is 4.79 Å². The molecule has 0 saturated heterocycles. The van der Waals surface area contributed by atoms with Crippen LogP contribution in [0.15, 0.2) is 48.7 Å². The predicted molar refractivity (Wildman–Crippen MR) is 118 cm³/mol. The van der Waals surface area contributed by atoms with E-state index in [9.17, 15) is 9.90 Å². The van der Waals surface area contributed by atoms with E-state index in [1.165, 1.54) is 25.7 Å². The van der Waals surface area contributed by atoms with Gasteiger partial charge in [-0.15, -0.1) is 0 Å². The molecule has 0 bridgehead atoms. The first kappa shape index (κ1) is 22.3. The molecule has 0 radical (unpaired) electrons. The molecule has 1 fully saturated rings. The number of amides is 1. The number of aliphatic hydroxyl groups is 1. The summed E-state index contributed by atoms with van der Waals surface area (Å²) in [6.45, 7) is 8.24. The van der Waals surface area contributed by atoms with Crippen molar-refractivity contribution in [1.82, 2.24) is 10.3 Å². The van der Waals surface area contributed by atoms with Crippen molar-refractivity contribution in [3.63, 3.8) is 0 Å². The number of hydrogen-bond donors (Lipinski definition) is 2. The highest BCUT2D eigenvalue weighted by atomic mass is 16.5. The van der Waals surface area contributed by atoms with Crippen LogP contribution in [0.2, 0.25) is 0 Å². The lowest BCUT2D eigenvalue weighted by molar-refractivity contribution is -0.125. The summed E-state index contributed by atoms with van der Waals surface area (Å²) < 4.78 is 6.03. The third kappa shape index (κ3) is 5.60. The fraction of sp³-hybridized carbons (Fsp3) is 0.520. The van der Waals surface area contributed by atoms with Crippen LogP contribution in [0.4, 0.5) is 0 Å². The maximum Gasteiger partial charge on any atom is 0.229 e. The van der Waals surface area contributed by atoms with Crippen LogP contribution < -0.4 is 10.1 Å². The number of rotatable bonds is 8. The lowest BCUT2D eigenvalue weighted by atomic mass is 9.90. The van der Waals surface area contributed by atoms with E-state index in [4.69, 9.17) is 4.74 Å². The molecule has 1 aromatic carbocycles. The Balaban J connectivity index is 1.68. The lowest BCUT2D eigenvalue weighted by Crippen LogP contribution is -2.43. The summed E-state index contributed by atoms with van der Waals surface area (Å²) in [6, 6.07) is 12.6. The minimum atomic E-state index is -1.13. The van der Waals surface area contributed by atoms with Gasteiger partial charge in [-0.25, -0.2) is 0 Å². The van der Waals surface area contributed by atoms with Gasteiger partial charge in [0.25, 0.3) is 0 Å². The second kappa shape index (κ2) is 9.17. The molecule has 2 unspecified atom stereocenters. The van der Waals surface area contributed by atoms with Crippen LogP contribution in [0.1, 0.15) is 76.6 Å². The van der Waals surface area contributed by atoms with Gasteiger partial charge in [0, 0.05) is 11.6 Å². The highest BCUT2D eigenvalue weighted by molar-refractivity contribution is 5.83. The smallest absolute Gasteiger partial charge is 0.229 e. The first-order valence-corrected chi connectivity index (χ1v) is 10.8. The van der Waals surface area contributed by atoms with E-state index in [2.05, 4.69) is 17.2 Å². The molecular formula is C25H34N2O3. The number of hydrogen-bond acceptors (Lipinski definition) is 4. The quantitative estimate of drug-likeness (QED) is 0.657. The van der Waals surface area contributed by atoms with Gasteiger partial charge < -0.3 is 15.2 Å². The van der Waals surface area contributed by atoms with E-state index in [1.807, 2.05) is 49.4 Å². The zero-order valence-electron chi connectivity index (χ0n) is 18.5. The molecular weight excluding hydrogens is 376 g/mol. The van der Waals surface area contributed by atoms with Gasteiger partial charge in [0.15, 0.2) is 0 Å². The maximum absolute atomic E-state index is 12.8. The topological polar surface area (TPSA) is 71.5 Å². The molecule has 5 heteroatoms. The Bertz CT molecular complexity index is 822. The molecule has 2 atom stereocenters. The normalized spacial score (nSPS) is 17.9. The van der Waals surface area contributed by atoms with Gasteiger partial charge in [-0.05, 0) is 63.4 Å². The molecule has 0 aliphatic heterocycles. The third-order valence-electron chi connectivity index (χ3n) is 6.13. The summed E-state index contributed by atoms with van der Waals surface area (Å²) in [6.07, 6.45) is 6.67. The van der Waals surface area contributed by atoms with Crippen LogP contribution in [0.3, 0.4) is 0 Å². The second-order valence-electron chi connectivity index (χ2n) is 9.45. The first-order chi connectivity index (χ1) is 14.2. The molecule has 1 aliphatic carbocycles. The Labute approximate surface area is 179 Å². The number of benzene rings is 1. The molecule has 1 aromatic heterocycles. The maximum atomic E-state index is 12.8. The molecule has 1 aliphatic rings. The lowest BCUT2D eigenvalue weighted by Gasteiger charge is -2.31. The van der Waals surface area contributed by atoms with Crippen molar-refractivity contribution in [2.24, 2.45) is 5.41 Å². The van der Waals surface area contributed by atoms with Crippen LogP contribution in [0.5, 0.6) is 5.75 Å². The van der Waals surface area contributed by atoms with Gasteiger partial charge >= 0.3 is 0 Å². The average molecular weight is 411 g/mol. The standard InChI is InChI=1S/C25H34N2O3/c1-18(21-9-5-8-16-26-21)23(28)27-22(24(2,3)29)19-10-12-20(13-11-19)30-17-25(4)14-6-7-15-25/h5,8-13,16,18,22,29H,6-7,14-15,17H2,1-4H3,(H,27,28). The Kier molecular flexibility index (Phi) is 6.81. The highest BCUT2D eigenvalue weighted by Gasteiger charge is 2.32. The van der Waals surface area contributed by atoms with E-state index < -0.39 is 17.6 Å². The number of nitrogens with zero attached hydrogens (tertiary/aromatic N) is 1. The van der Waals surface area contributed by atoms with Crippen molar-refractivity contribution < 1.29 is 14.6 Å². The van der Waals surface area contributed by atoms with Crippen LogP contribution in [0.25, 0.3) is 0 Å². The van der Waals surface area contributed by atoms with E-state index in [0.29, 0.717) is 5.69 Å². The van der Waals surface area contributed by atoms with E-state index in [-0.39, 0.29) is 11.3 Å². The van der Waals surface area contributed by atoms with Gasteiger partial charge in [0.05, 0.1) is 29.9 Å². The van der Waals surface area contributed by atoms with E-state index in [1.54, 1.807) is 20.0 Å². The molecule has 1 saturated carbocycles. The molecule has 2 aromatic rings. The SMILES string of the molecule is CC(C(=O)NC(c1ccc(OCC2(C)CCCC2)cc1)C(C)(C)O)c1ccccn1. The van der Waals surface area contributed by atoms with Crippen molar-refractivity contribution in [1.29, 1.82) is 0 Å². The zero-order chi connectivity index (χ0) is 21.8. The zero-order valence-corrected chi connectivity index (χ0v) is 18.5. The molecule has 5 nitrogen and oxygen atoms in total. The van der Waals surface area contributed by atoms with E-state index >= 15 is 0 Å². The molecule has 0 spiro atoms. The van der Waals surface area contributed by atoms with Gasteiger partial charge in [0.2, 0.25) is 5.91 Å². The van der Waals surface area contributed by atoms with Crippen molar-refractivity contribution in [3.8, 4) is 5.75 Å². The Morgan fingerprint density at radius 1 is 1.20 bits per heavy atom. The molecule has 3 rings (SSSR count). The van der Waals surface area contributed by atoms with Crippen molar-refractivity contribution >= 4 is 5.91 Å². The number of nitrogens with one attached hydrogen (secondary N) is 1. The molecule has 2 N–H and O–H groups in total. The van der Waals surface area contributed by atoms with Gasteiger partial charge in [-0.3, -0.25) is 9.78 Å². The minimum Gasteiger partial charge on any atom is -0.493 e. The van der Waals surface area contributed by atoms with Gasteiger partial charge in [-0.1, -0.05) is 38.0 Å². The first-order valence-electron chi connectivity index (χ1n) is 10.8. The Hall–Kier alpha value is -2.40. The predicted octanol–water partition coefficient (Wildman–Crippen LogP) is 4.77. The van der Waals surface area contributed by atoms with E-state index in [0.717, 1.165) is 17.9 Å². The average Bonchev–Trinajstić information content (AvgIpc) is 3.17. The number of carbonyl (C=O) groups is 1. The molecule has 30 heavy (non-hydrogen) atoms. The monoisotopic (exact) mass is 410 g/mol. The highest BCUT2D eigenvalue weighted by Crippen LogP contribution is 2.38. The second-order valence-corrected chi connectivity index (χ2v) is 9.45. The van der Waals surface area contributed by atoms with Crippen LogP contribution >= 0.6 is 0 Å². The molecule has 1 heterocycles. The largest absolute Gasteiger partial charge is 0.493 e. The van der Waals surface area contributed by atoms with Crippen molar-refractivity contribution in [2.75, 3.05) is 6.61 Å². The fourth-order valence-corrected chi connectivity index (χ4v) is 4.09. The number of ether oxygens (including phenoxy) is 1.